The van der Waals surface area contributed by atoms with E-state index in [0.29, 0.717) is 6.04 Å². The molecule has 0 fully saturated rings. The van der Waals surface area contributed by atoms with Crippen molar-refractivity contribution in [2.75, 3.05) is 7.05 Å². The van der Waals surface area contributed by atoms with E-state index in [-0.39, 0.29) is 0 Å². The fourth-order valence-electron chi connectivity index (χ4n) is 1.57. The number of nitrogens with one attached hydrogen (secondary N) is 1. The highest BCUT2D eigenvalue weighted by molar-refractivity contribution is 9.10. The van der Waals surface area contributed by atoms with E-state index in [0.717, 1.165) is 4.47 Å². The van der Waals surface area contributed by atoms with Crippen LogP contribution in [0.2, 0.25) is 0 Å². The van der Waals surface area contributed by atoms with E-state index in [4.69, 9.17) is 0 Å². The van der Waals surface area contributed by atoms with E-state index in [2.05, 4.69) is 51.1 Å². The summed E-state index contributed by atoms with van der Waals surface area (Å²) in [6, 6.07) is 4.75. The molecule has 2 aromatic heterocycles. The molecule has 0 aliphatic rings. The molecule has 4 heteroatoms. The minimum atomic E-state index is 0.325. The maximum Gasteiger partial charge on any atom is 0.0677 e. The molecule has 0 spiro atoms. The summed E-state index contributed by atoms with van der Waals surface area (Å²) >= 11 is 7.08. The summed E-state index contributed by atoms with van der Waals surface area (Å²) in [5.74, 6) is 0. The summed E-state index contributed by atoms with van der Waals surface area (Å²) in [4.78, 5) is 2.71. The second-order valence-electron chi connectivity index (χ2n) is 3.38. The van der Waals surface area contributed by atoms with Crippen LogP contribution in [0.4, 0.5) is 0 Å². The number of thiophene rings is 2. The molecule has 0 aliphatic carbocycles. The molecule has 0 aromatic carbocycles. The van der Waals surface area contributed by atoms with Gasteiger partial charge in [-0.15, -0.1) is 22.7 Å². The molecule has 2 rings (SSSR count). The molecule has 0 bridgehead atoms. The average Bonchev–Trinajstić information content (AvgIpc) is 2.78. The topological polar surface area (TPSA) is 12.0 Å². The minimum Gasteiger partial charge on any atom is -0.309 e. The third-order valence-corrected chi connectivity index (χ3v) is 4.88. The van der Waals surface area contributed by atoms with Crippen molar-refractivity contribution >= 4 is 38.6 Å². The lowest BCUT2D eigenvalue weighted by Gasteiger charge is -2.12. The van der Waals surface area contributed by atoms with Gasteiger partial charge in [-0.1, -0.05) is 0 Å². The van der Waals surface area contributed by atoms with Gasteiger partial charge in [-0.25, -0.2) is 0 Å². The summed E-state index contributed by atoms with van der Waals surface area (Å²) in [6.07, 6.45) is 0. The molecule has 0 radical (unpaired) electrons. The summed E-state index contributed by atoms with van der Waals surface area (Å²) < 4.78 is 1.16. The molecule has 1 nitrogen and oxygen atoms in total. The normalized spacial score (nSPS) is 13.0. The third kappa shape index (κ3) is 2.50. The van der Waals surface area contributed by atoms with Gasteiger partial charge in [0.25, 0.3) is 0 Å². The van der Waals surface area contributed by atoms with Crippen molar-refractivity contribution in [3.63, 3.8) is 0 Å². The lowest BCUT2D eigenvalue weighted by atomic mass is 10.1. The predicted octanol–water partition coefficient (Wildman–Crippen LogP) is 4.19. The average molecular weight is 302 g/mol. The van der Waals surface area contributed by atoms with E-state index < -0.39 is 0 Å². The van der Waals surface area contributed by atoms with Gasteiger partial charge in [-0.2, -0.15) is 0 Å². The van der Waals surface area contributed by atoms with Gasteiger partial charge in [0, 0.05) is 19.6 Å². The molecular weight excluding hydrogens is 290 g/mol. The highest BCUT2D eigenvalue weighted by Gasteiger charge is 2.14. The van der Waals surface area contributed by atoms with Crippen LogP contribution in [0, 0.1) is 6.92 Å². The van der Waals surface area contributed by atoms with Crippen LogP contribution < -0.4 is 5.32 Å². The van der Waals surface area contributed by atoms with E-state index >= 15 is 0 Å². The van der Waals surface area contributed by atoms with Crippen LogP contribution in [0.3, 0.4) is 0 Å². The van der Waals surface area contributed by atoms with Crippen LogP contribution in [0.1, 0.15) is 21.4 Å². The number of rotatable bonds is 3. The molecule has 2 heterocycles. The molecule has 1 unspecified atom stereocenters. The number of halogens is 1. The first-order chi connectivity index (χ1) is 7.20. The SMILES string of the molecule is CNC(c1csc(C)c1)c1cc(Br)cs1. The lowest BCUT2D eigenvalue weighted by Crippen LogP contribution is -2.15. The van der Waals surface area contributed by atoms with Crippen molar-refractivity contribution in [3.05, 3.63) is 42.7 Å². The third-order valence-electron chi connectivity index (χ3n) is 2.25. The van der Waals surface area contributed by atoms with Crippen molar-refractivity contribution < 1.29 is 0 Å². The number of hydrogen-bond donors (Lipinski definition) is 1. The van der Waals surface area contributed by atoms with Gasteiger partial charge in [-0.3, -0.25) is 0 Å². The van der Waals surface area contributed by atoms with Crippen LogP contribution in [-0.2, 0) is 0 Å². The standard InChI is InChI=1S/C11H12BrNS2/c1-7-3-8(5-14-7)11(13-2)10-4-9(12)6-15-10/h3-6,11,13H,1-2H3. The van der Waals surface area contributed by atoms with Gasteiger partial charge in [0.15, 0.2) is 0 Å². The van der Waals surface area contributed by atoms with Gasteiger partial charge >= 0.3 is 0 Å². The second kappa shape index (κ2) is 4.78. The molecule has 2 aromatic rings. The van der Waals surface area contributed by atoms with Gasteiger partial charge < -0.3 is 5.32 Å². The zero-order chi connectivity index (χ0) is 10.8. The molecule has 0 saturated heterocycles. The summed E-state index contributed by atoms with van der Waals surface area (Å²) in [5, 5.41) is 7.71. The molecule has 1 N–H and O–H groups in total. The van der Waals surface area contributed by atoms with Gasteiger partial charge in [-0.05, 0) is 53.0 Å². The van der Waals surface area contributed by atoms with E-state index in [1.807, 2.05) is 7.05 Å². The Bertz CT molecular complexity index is 407. The quantitative estimate of drug-likeness (QED) is 0.896. The van der Waals surface area contributed by atoms with E-state index in [9.17, 15) is 0 Å². The van der Waals surface area contributed by atoms with Crippen LogP contribution in [0.5, 0.6) is 0 Å². The summed E-state index contributed by atoms with van der Waals surface area (Å²) in [6.45, 7) is 2.14. The highest BCUT2D eigenvalue weighted by Crippen LogP contribution is 2.31. The predicted molar refractivity (Wildman–Crippen MR) is 72.0 cm³/mol. The molecule has 0 saturated carbocycles. The van der Waals surface area contributed by atoms with Crippen molar-refractivity contribution in [2.45, 2.75) is 13.0 Å². The Kier molecular flexibility index (Phi) is 3.61. The Morgan fingerprint density at radius 1 is 1.27 bits per heavy atom. The first-order valence-electron chi connectivity index (χ1n) is 4.67. The Morgan fingerprint density at radius 2 is 2.07 bits per heavy atom. The Labute approximate surface area is 106 Å². The van der Waals surface area contributed by atoms with E-state index in [1.54, 1.807) is 22.7 Å². The lowest BCUT2D eigenvalue weighted by molar-refractivity contribution is 0.706. The monoisotopic (exact) mass is 301 g/mol. The van der Waals surface area contributed by atoms with Crippen molar-refractivity contribution in [2.24, 2.45) is 0 Å². The van der Waals surface area contributed by atoms with E-state index in [1.165, 1.54) is 15.3 Å². The Hall–Kier alpha value is -0.160. The van der Waals surface area contributed by atoms with Gasteiger partial charge in [0.2, 0.25) is 0 Å². The van der Waals surface area contributed by atoms with Crippen molar-refractivity contribution in [3.8, 4) is 0 Å². The van der Waals surface area contributed by atoms with Crippen LogP contribution in [-0.4, -0.2) is 7.05 Å². The number of aryl methyl sites for hydroxylation is 1. The zero-order valence-electron chi connectivity index (χ0n) is 8.58. The fourth-order valence-corrected chi connectivity index (χ4v) is 3.88. The first-order valence-corrected chi connectivity index (χ1v) is 7.22. The Balaban J connectivity index is 2.32. The second-order valence-corrected chi connectivity index (χ2v) is 6.35. The molecule has 80 valence electrons. The molecule has 0 aliphatic heterocycles. The van der Waals surface area contributed by atoms with Crippen molar-refractivity contribution in [1.29, 1.82) is 0 Å². The van der Waals surface area contributed by atoms with Crippen LogP contribution >= 0.6 is 38.6 Å². The smallest absolute Gasteiger partial charge is 0.0677 e. The van der Waals surface area contributed by atoms with Crippen LogP contribution in [0.15, 0.2) is 27.4 Å². The largest absolute Gasteiger partial charge is 0.309 e. The maximum absolute atomic E-state index is 3.49. The first kappa shape index (κ1) is 11.3. The molecule has 1 atom stereocenters. The molecule has 0 amide bonds. The highest BCUT2D eigenvalue weighted by atomic mass is 79.9. The molecular formula is C11H12BrNS2. The van der Waals surface area contributed by atoms with Crippen molar-refractivity contribution in [1.82, 2.24) is 5.32 Å². The number of hydrogen-bond acceptors (Lipinski definition) is 3. The molecule has 15 heavy (non-hydrogen) atoms. The zero-order valence-corrected chi connectivity index (χ0v) is 11.8. The fraction of sp³-hybridized carbons (Fsp3) is 0.273. The maximum atomic E-state index is 3.49. The summed E-state index contributed by atoms with van der Waals surface area (Å²) in [5.41, 5.74) is 1.36. The van der Waals surface area contributed by atoms with Gasteiger partial charge in [0.1, 0.15) is 0 Å². The Morgan fingerprint density at radius 3 is 2.53 bits per heavy atom. The minimum absolute atomic E-state index is 0.325. The summed E-state index contributed by atoms with van der Waals surface area (Å²) in [7, 11) is 2.01. The van der Waals surface area contributed by atoms with Gasteiger partial charge in [0.05, 0.1) is 6.04 Å². The van der Waals surface area contributed by atoms with Crippen LogP contribution in [0.25, 0.3) is 0 Å².